The number of nitrogens with zero attached hydrogens (tertiary/aromatic N) is 1. The van der Waals surface area contributed by atoms with Gasteiger partial charge in [-0.2, -0.15) is 0 Å². The van der Waals surface area contributed by atoms with Crippen LogP contribution in [0.15, 0.2) is 23.9 Å². The van der Waals surface area contributed by atoms with Crippen molar-refractivity contribution in [1.82, 2.24) is 4.90 Å². The van der Waals surface area contributed by atoms with Crippen LogP contribution in [0, 0.1) is 0 Å². The zero-order chi connectivity index (χ0) is 8.97. The van der Waals surface area contributed by atoms with Gasteiger partial charge in [-0.1, -0.05) is 0 Å². The van der Waals surface area contributed by atoms with Crippen molar-refractivity contribution in [2.24, 2.45) is 0 Å². The quantitative estimate of drug-likeness (QED) is 0.573. The highest BCUT2D eigenvalue weighted by atomic mass is 16.5. The molecule has 1 rings (SSSR count). The van der Waals surface area contributed by atoms with Crippen molar-refractivity contribution >= 4 is 5.97 Å². The van der Waals surface area contributed by atoms with Crippen molar-refractivity contribution in [3.8, 4) is 0 Å². The highest BCUT2D eigenvalue weighted by Crippen LogP contribution is 2.06. The highest BCUT2D eigenvalue weighted by Gasteiger charge is 2.12. The monoisotopic (exact) mass is 167 g/mol. The fourth-order valence-electron chi connectivity index (χ4n) is 1.04. The molecule has 1 aliphatic rings. The number of carbonyl (C=O) groups is 1. The Hall–Kier alpha value is -1.25. The van der Waals surface area contributed by atoms with Crippen LogP contribution < -0.4 is 0 Å². The first-order valence-electron chi connectivity index (χ1n) is 3.98. The molecule has 66 valence electrons. The van der Waals surface area contributed by atoms with E-state index in [2.05, 4.69) is 0 Å². The molecule has 3 nitrogen and oxygen atoms in total. The molecule has 0 saturated carbocycles. The summed E-state index contributed by atoms with van der Waals surface area (Å²) in [5.74, 6) is -0.214. The summed E-state index contributed by atoms with van der Waals surface area (Å²) in [5, 5.41) is 0. The van der Waals surface area contributed by atoms with Gasteiger partial charge in [0.25, 0.3) is 0 Å². The first-order chi connectivity index (χ1) is 5.74. The summed E-state index contributed by atoms with van der Waals surface area (Å²) in [7, 11) is 1.92. The number of rotatable bonds is 2. The van der Waals surface area contributed by atoms with E-state index in [0.717, 1.165) is 0 Å². The minimum atomic E-state index is -0.214. The van der Waals surface area contributed by atoms with Crippen LogP contribution in [0.1, 0.15) is 6.92 Å². The lowest BCUT2D eigenvalue weighted by molar-refractivity contribution is -0.138. The number of hydrogen-bond acceptors (Lipinski definition) is 3. The van der Waals surface area contributed by atoms with E-state index >= 15 is 0 Å². The van der Waals surface area contributed by atoms with E-state index in [1.165, 1.54) is 0 Å². The average molecular weight is 167 g/mol. The lowest BCUT2D eigenvalue weighted by Crippen LogP contribution is -2.22. The topological polar surface area (TPSA) is 29.5 Å². The van der Waals surface area contributed by atoms with Crippen molar-refractivity contribution < 1.29 is 9.53 Å². The Morgan fingerprint density at radius 2 is 2.50 bits per heavy atom. The van der Waals surface area contributed by atoms with E-state index in [0.29, 0.717) is 18.7 Å². The first-order valence-corrected chi connectivity index (χ1v) is 3.98. The Balaban J connectivity index is 2.57. The Kier molecular flexibility index (Phi) is 2.91. The highest BCUT2D eigenvalue weighted by molar-refractivity contribution is 5.89. The molecule has 0 N–H and O–H groups in total. The van der Waals surface area contributed by atoms with Gasteiger partial charge >= 0.3 is 5.97 Å². The molecule has 3 heteroatoms. The first kappa shape index (κ1) is 8.84. The second-order valence-corrected chi connectivity index (χ2v) is 2.67. The third-order valence-electron chi connectivity index (χ3n) is 1.60. The van der Waals surface area contributed by atoms with Crippen LogP contribution in [0.5, 0.6) is 0 Å². The minimum Gasteiger partial charge on any atom is -0.463 e. The maximum atomic E-state index is 11.2. The summed E-state index contributed by atoms with van der Waals surface area (Å²) in [5.41, 5.74) is 0.710. The van der Waals surface area contributed by atoms with Crippen LogP contribution in [0.3, 0.4) is 0 Å². The van der Waals surface area contributed by atoms with Crippen LogP contribution in [-0.4, -0.2) is 31.1 Å². The molecule has 0 aliphatic carbocycles. The molecule has 0 aromatic rings. The predicted molar refractivity (Wildman–Crippen MR) is 46.5 cm³/mol. The Labute approximate surface area is 72.3 Å². The van der Waals surface area contributed by atoms with Gasteiger partial charge in [-0.3, -0.25) is 0 Å². The number of carbonyl (C=O) groups excluding carboxylic acids is 1. The van der Waals surface area contributed by atoms with Gasteiger partial charge in [0.05, 0.1) is 12.2 Å². The summed E-state index contributed by atoms with van der Waals surface area (Å²) in [6.07, 6.45) is 5.55. The second-order valence-electron chi connectivity index (χ2n) is 2.67. The van der Waals surface area contributed by atoms with Gasteiger partial charge in [-0.15, -0.1) is 0 Å². The summed E-state index contributed by atoms with van der Waals surface area (Å²) >= 11 is 0. The van der Waals surface area contributed by atoms with E-state index in [9.17, 15) is 4.79 Å². The standard InChI is InChI=1S/C9H13NO2/c1-3-12-9(11)8-5-4-6-10(2)7-8/h4-6H,3,7H2,1-2H3. The molecule has 0 spiro atoms. The molecule has 0 fully saturated rings. The molecule has 0 atom stereocenters. The minimum absolute atomic E-state index is 0.214. The van der Waals surface area contributed by atoms with Crippen molar-refractivity contribution in [1.29, 1.82) is 0 Å². The second kappa shape index (κ2) is 3.95. The SMILES string of the molecule is CCOC(=O)C1=CC=CN(C)C1. The molecule has 0 bridgehead atoms. The molecule has 0 aromatic carbocycles. The Morgan fingerprint density at radius 3 is 3.08 bits per heavy atom. The molecule has 12 heavy (non-hydrogen) atoms. The molecule has 0 unspecified atom stereocenters. The third kappa shape index (κ3) is 2.12. The average Bonchev–Trinajstić information content (AvgIpc) is 2.05. The molecule has 1 heterocycles. The van der Waals surface area contributed by atoms with Crippen molar-refractivity contribution in [2.75, 3.05) is 20.2 Å². The van der Waals surface area contributed by atoms with Crippen LogP contribution in [-0.2, 0) is 9.53 Å². The Morgan fingerprint density at radius 1 is 1.75 bits per heavy atom. The zero-order valence-corrected chi connectivity index (χ0v) is 7.41. The number of esters is 1. The van der Waals surface area contributed by atoms with Gasteiger partial charge in [0.2, 0.25) is 0 Å². The fraction of sp³-hybridized carbons (Fsp3) is 0.444. The van der Waals surface area contributed by atoms with Gasteiger partial charge in [0, 0.05) is 13.6 Å². The van der Waals surface area contributed by atoms with Crippen LogP contribution in [0.4, 0.5) is 0 Å². The Bertz CT molecular complexity index is 231. The summed E-state index contributed by atoms with van der Waals surface area (Å²) in [6, 6.07) is 0. The normalized spacial score (nSPS) is 15.8. The molecule has 0 radical (unpaired) electrons. The number of allylic oxidation sites excluding steroid dienone is 2. The zero-order valence-electron chi connectivity index (χ0n) is 7.41. The van der Waals surface area contributed by atoms with E-state index in [-0.39, 0.29) is 5.97 Å². The van der Waals surface area contributed by atoms with Gasteiger partial charge < -0.3 is 9.64 Å². The molecule has 0 aromatic heterocycles. The van der Waals surface area contributed by atoms with Gasteiger partial charge in [-0.25, -0.2) is 4.79 Å². The maximum Gasteiger partial charge on any atom is 0.335 e. The van der Waals surface area contributed by atoms with Gasteiger partial charge in [-0.05, 0) is 25.3 Å². The van der Waals surface area contributed by atoms with Crippen LogP contribution in [0.2, 0.25) is 0 Å². The predicted octanol–water partition coefficient (Wildman–Crippen LogP) is 0.935. The third-order valence-corrected chi connectivity index (χ3v) is 1.60. The number of likely N-dealkylation sites (N-methyl/N-ethyl adjacent to an activating group) is 1. The molecule has 1 aliphatic heterocycles. The summed E-state index contributed by atoms with van der Waals surface area (Å²) in [4.78, 5) is 13.1. The lowest BCUT2D eigenvalue weighted by atomic mass is 10.2. The smallest absolute Gasteiger partial charge is 0.335 e. The lowest BCUT2D eigenvalue weighted by Gasteiger charge is -2.18. The van der Waals surface area contributed by atoms with Crippen LogP contribution >= 0.6 is 0 Å². The van der Waals surface area contributed by atoms with Crippen molar-refractivity contribution in [2.45, 2.75) is 6.92 Å². The number of ether oxygens (including phenoxy) is 1. The maximum absolute atomic E-state index is 11.2. The summed E-state index contributed by atoms with van der Waals surface area (Å²) in [6.45, 7) is 2.87. The molecule has 0 saturated heterocycles. The molecule has 0 amide bonds. The largest absolute Gasteiger partial charge is 0.463 e. The van der Waals surface area contributed by atoms with Gasteiger partial charge in [0.1, 0.15) is 0 Å². The van der Waals surface area contributed by atoms with E-state index < -0.39 is 0 Å². The molecular formula is C9H13NO2. The van der Waals surface area contributed by atoms with Crippen molar-refractivity contribution in [3.05, 3.63) is 23.9 Å². The van der Waals surface area contributed by atoms with E-state index in [4.69, 9.17) is 4.74 Å². The number of hydrogen-bond donors (Lipinski definition) is 0. The fourth-order valence-corrected chi connectivity index (χ4v) is 1.04. The molecular weight excluding hydrogens is 154 g/mol. The van der Waals surface area contributed by atoms with Crippen LogP contribution in [0.25, 0.3) is 0 Å². The van der Waals surface area contributed by atoms with E-state index in [1.807, 2.05) is 24.2 Å². The summed E-state index contributed by atoms with van der Waals surface area (Å²) < 4.78 is 4.86. The van der Waals surface area contributed by atoms with E-state index in [1.54, 1.807) is 13.0 Å². The van der Waals surface area contributed by atoms with Crippen molar-refractivity contribution in [3.63, 3.8) is 0 Å². The van der Waals surface area contributed by atoms with Gasteiger partial charge in [0.15, 0.2) is 0 Å².